The first-order chi connectivity index (χ1) is 11.9. The maximum absolute atomic E-state index is 12.4. The molecule has 1 aromatic heterocycles. The van der Waals surface area contributed by atoms with Gasteiger partial charge in [0.2, 0.25) is 0 Å². The van der Waals surface area contributed by atoms with E-state index in [0.717, 1.165) is 11.3 Å². The van der Waals surface area contributed by atoms with E-state index in [-0.39, 0.29) is 11.5 Å². The van der Waals surface area contributed by atoms with Crippen LogP contribution in [0.3, 0.4) is 0 Å². The van der Waals surface area contributed by atoms with Crippen LogP contribution < -0.4 is 0 Å². The van der Waals surface area contributed by atoms with Crippen LogP contribution in [0.2, 0.25) is 0 Å². The van der Waals surface area contributed by atoms with Crippen LogP contribution in [0.15, 0.2) is 52.4 Å². The second kappa shape index (κ2) is 6.90. The van der Waals surface area contributed by atoms with E-state index in [2.05, 4.69) is 9.98 Å². The summed E-state index contributed by atoms with van der Waals surface area (Å²) < 4.78 is 0. The maximum Gasteiger partial charge on any atom is 0.335 e. The molecule has 1 amide bonds. The number of nitrogens with zero attached hydrogens (tertiary/aromatic N) is 3. The molecule has 0 radical (unpaired) electrons. The first kappa shape index (κ1) is 16.9. The molecular formula is C18H15N3O3S. The number of aliphatic imine (C=N–C) groups is 1. The number of carboxylic acids is 1. The van der Waals surface area contributed by atoms with Crippen molar-refractivity contribution in [1.82, 2.24) is 9.88 Å². The van der Waals surface area contributed by atoms with Crippen molar-refractivity contribution in [2.45, 2.75) is 6.92 Å². The van der Waals surface area contributed by atoms with Crippen molar-refractivity contribution in [2.24, 2.45) is 4.99 Å². The summed E-state index contributed by atoms with van der Waals surface area (Å²) >= 11 is 1.26. The fraction of sp³-hybridized carbons (Fsp3) is 0.111. The van der Waals surface area contributed by atoms with Crippen molar-refractivity contribution in [3.8, 4) is 0 Å². The lowest BCUT2D eigenvalue weighted by Gasteiger charge is -2.06. The Balaban J connectivity index is 1.86. The molecule has 0 saturated carbocycles. The summed E-state index contributed by atoms with van der Waals surface area (Å²) in [6, 6.07) is 11.9. The lowest BCUT2D eigenvalue weighted by atomic mass is 10.1. The number of carboxylic acid groups (broad SMARTS) is 1. The molecule has 7 heteroatoms. The summed E-state index contributed by atoms with van der Waals surface area (Å²) in [5, 5.41) is 9.48. The average molecular weight is 353 g/mol. The molecule has 1 fully saturated rings. The fourth-order valence-corrected chi connectivity index (χ4v) is 3.19. The number of rotatable bonds is 3. The molecule has 1 aliphatic heterocycles. The molecule has 6 nitrogen and oxygen atoms in total. The van der Waals surface area contributed by atoms with Gasteiger partial charge in [-0.25, -0.2) is 14.8 Å². The third-order valence-corrected chi connectivity index (χ3v) is 4.60. The minimum absolute atomic E-state index is 0.154. The van der Waals surface area contributed by atoms with E-state index in [9.17, 15) is 9.59 Å². The number of hydrogen-bond donors (Lipinski definition) is 1. The van der Waals surface area contributed by atoms with Crippen molar-refractivity contribution >= 4 is 40.7 Å². The molecule has 0 spiro atoms. The molecule has 1 aromatic carbocycles. The van der Waals surface area contributed by atoms with Gasteiger partial charge in [0.1, 0.15) is 0 Å². The topological polar surface area (TPSA) is 82.9 Å². The number of hydrogen-bond acceptors (Lipinski definition) is 5. The Hall–Kier alpha value is -2.93. The lowest BCUT2D eigenvalue weighted by Crippen LogP contribution is -2.23. The number of carbonyl (C=O) groups excluding carboxylic acids is 1. The largest absolute Gasteiger partial charge is 0.478 e. The van der Waals surface area contributed by atoms with Crippen molar-refractivity contribution < 1.29 is 14.7 Å². The van der Waals surface area contributed by atoms with Gasteiger partial charge in [-0.1, -0.05) is 18.2 Å². The summed E-state index contributed by atoms with van der Waals surface area (Å²) in [5.74, 6) is -0.585. The number of thioether (sulfide) groups is 1. The third-order valence-electron chi connectivity index (χ3n) is 3.54. The fourth-order valence-electron chi connectivity index (χ4n) is 2.21. The molecule has 0 aliphatic carbocycles. The van der Waals surface area contributed by atoms with Crippen LogP contribution >= 0.6 is 11.8 Å². The second-order valence-corrected chi connectivity index (χ2v) is 6.44. The number of benzene rings is 1. The van der Waals surface area contributed by atoms with Gasteiger partial charge in [-0.05, 0) is 54.6 Å². The minimum Gasteiger partial charge on any atom is -0.478 e. The van der Waals surface area contributed by atoms with Crippen LogP contribution in [0.25, 0.3) is 6.08 Å². The highest BCUT2D eigenvalue weighted by Gasteiger charge is 2.30. The number of aromatic nitrogens is 1. The Bertz CT molecular complexity index is 904. The van der Waals surface area contributed by atoms with Crippen LogP contribution in [0.5, 0.6) is 0 Å². The molecular weight excluding hydrogens is 338 g/mol. The van der Waals surface area contributed by atoms with Gasteiger partial charge < -0.3 is 5.11 Å². The third kappa shape index (κ3) is 3.77. The molecule has 1 N–H and O–H groups in total. The minimum atomic E-state index is -0.981. The predicted molar refractivity (Wildman–Crippen MR) is 97.8 cm³/mol. The average Bonchev–Trinajstić information content (AvgIpc) is 2.83. The van der Waals surface area contributed by atoms with Gasteiger partial charge in [-0.15, -0.1) is 0 Å². The Kier molecular flexibility index (Phi) is 4.67. The normalized spacial score (nSPS) is 17.5. The molecule has 0 unspecified atom stereocenters. The Labute approximate surface area is 148 Å². The number of carbonyl (C=O) groups is 2. The van der Waals surface area contributed by atoms with Crippen molar-refractivity contribution in [2.75, 3.05) is 7.05 Å². The number of aromatic carboxylic acids is 1. The molecule has 1 saturated heterocycles. The van der Waals surface area contributed by atoms with E-state index in [1.54, 1.807) is 31.3 Å². The number of pyridine rings is 1. The molecule has 3 rings (SSSR count). The Morgan fingerprint density at radius 3 is 2.60 bits per heavy atom. The quantitative estimate of drug-likeness (QED) is 0.856. The molecule has 126 valence electrons. The SMILES string of the molecule is Cc1cccc(/N=C2\S/C(=C/c3ccc(C(=O)O)cc3)C(=O)N2C)n1. The molecule has 2 heterocycles. The maximum atomic E-state index is 12.4. The van der Waals surface area contributed by atoms with Crippen molar-refractivity contribution in [3.05, 3.63) is 64.2 Å². The summed E-state index contributed by atoms with van der Waals surface area (Å²) in [4.78, 5) is 34.0. The van der Waals surface area contributed by atoms with Crippen molar-refractivity contribution in [3.63, 3.8) is 0 Å². The van der Waals surface area contributed by atoms with Crippen LogP contribution in [0.4, 0.5) is 5.82 Å². The predicted octanol–water partition coefficient (Wildman–Crippen LogP) is 3.32. The van der Waals surface area contributed by atoms with Gasteiger partial charge in [-0.2, -0.15) is 0 Å². The number of amidine groups is 1. The van der Waals surface area contributed by atoms with Gasteiger partial charge in [-0.3, -0.25) is 9.69 Å². The Morgan fingerprint density at radius 2 is 1.96 bits per heavy atom. The van der Waals surface area contributed by atoms with E-state index < -0.39 is 5.97 Å². The summed E-state index contributed by atoms with van der Waals surface area (Å²) in [5.41, 5.74) is 1.81. The van der Waals surface area contributed by atoms with Crippen LogP contribution in [0.1, 0.15) is 21.6 Å². The zero-order chi connectivity index (χ0) is 18.0. The van der Waals surface area contributed by atoms with Crippen LogP contribution in [-0.4, -0.2) is 39.1 Å². The van der Waals surface area contributed by atoms with Crippen LogP contribution in [0, 0.1) is 6.92 Å². The highest BCUT2D eigenvalue weighted by Crippen LogP contribution is 2.32. The molecule has 0 atom stereocenters. The number of amides is 1. The van der Waals surface area contributed by atoms with E-state index in [0.29, 0.717) is 15.9 Å². The van der Waals surface area contributed by atoms with Gasteiger partial charge >= 0.3 is 5.97 Å². The molecule has 2 aromatic rings. The van der Waals surface area contributed by atoms with Gasteiger partial charge in [0.25, 0.3) is 5.91 Å². The zero-order valence-corrected chi connectivity index (χ0v) is 14.4. The second-order valence-electron chi connectivity index (χ2n) is 5.43. The molecule has 0 bridgehead atoms. The highest BCUT2D eigenvalue weighted by molar-refractivity contribution is 8.18. The van der Waals surface area contributed by atoms with E-state index in [4.69, 9.17) is 5.11 Å². The smallest absolute Gasteiger partial charge is 0.335 e. The summed E-state index contributed by atoms with van der Waals surface area (Å²) in [7, 11) is 1.67. The lowest BCUT2D eigenvalue weighted by molar-refractivity contribution is -0.121. The number of likely N-dealkylation sites (N-methyl/N-ethyl adjacent to an activating group) is 1. The van der Waals surface area contributed by atoms with E-state index in [1.165, 1.54) is 28.8 Å². The summed E-state index contributed by atoms with van der Waals surface area (Å²) in [6.45, 7) is 1.88. The molecule has 1 aliphatic rings. The molecule has 25 heavy (non-hydrogen) atoms. The van der Waals surface area contributed by atoms with Crippen molar-refractivity contribution in [1.29, 1.82) is 0 Å². The van der Waals surface area contributed by atoms with Crippen LogP contribution in [-0.2, 0) is 4.79 Å². The zero-order valence-electron chi connectivity index (χ0n) is 13.6. The number of aryl methyl sites for hydroxylation is 1. The monoisotopic (exact) mass is 353 g/mol. The standard InChI is InChI=1S/C18H15N3O3S/c1-11-4-3-5-15(19-11)20-18-21(2)16(22)14(25-18)10-12-6-8-13(9-7-12)17(23)24/h3-10H,1-2H3,(H,23,24)/b14-10+,20-18-. The van der Waals surface area contributed by atoms with E-state index >= 15 is 0 Å². The van der Waals surface area contributed by atoms with E-state index in [1.807, 2.05) is 19.1 Å². The first-order valence-electron chi connectivity index (χ1n) is 7.47. The Morgan fingerprint density at radius 1 is 1.24 bits per heavy atom. The van der Waals surface area contributed by atoms with Gasteiger partial charge in [0, 0.05) is 12.7 Å². The first-order valence-corrected chi connectivity index (χ1v) is 8.29. The van der Waals surface area contributed by atoms with Gasteiger partial charge in [0.15, 0.2) is 11.0 Å². The highest BCUT2D eigenvalue weighted by atomic mass is 32.2. The summed E-state index contributed by atoms with van der Waals surface area (Å²) in [6.07, 6.45) is 1.72. The van der Waals surface area contributed by atoms with Gasteiger partial charge in [0.05, 0.1) is 10.5 Å².